The molecule has 0 aliphatic carbocycles. The molecular formula is C12H15N3O. The van der Waals surface area contributed by atoms with E-state index in [1.165, 1.54) is 0 Å². The number of anilines is 1. The Hall–Kier alpha value is -2.02. The quantitative estimate of drug-likeness (QED) is 0.823. The van der Waals surface area contributed by atoms with Crippen molar-refractivity contribution in [1.82, 2.24) is 0 Å². The van der Waals surface area contributed by atoms with Crippen LogP contribution in [0.2, 0.25) is 0 Å². The second-order valence-electron chi connectivity index (χ2n) is 3.61. The topological polar surface area (TPSA) is 70.1 Å². The van der Waals surface area contributed by atoms with Crippen LogP contribution in [0.3, 0.4) is 0 Å². The van der Waals surface area contributed by atoms with Crippen molar-refractivity contribution in [3.05, 3.63) is 29.3 Å². The Morgan fingerprint density at radius 1 is 1.56 bits per heavy atom. The predicted octanol–water partition coefficient (Wildman–Crippen LogP) is 1.18. The molecule has 0 bridgehead atoms. The van der Waals surface area contributed by atoms with Gasteiger partial charge in [0.25, 0.3) is 0 Å². The smallest absolute Gasteiger partial charge is 0.236 e. The van der Waals surface area contributed by atoms with Crippen molar-refractivity contribution in [2.45, 2.75) is 13.8 Å². The second-order valence-corrected chi connectivity index (χ2v) is 3.61. The van der Waals surface area contributed by atoms with Crippen molar-refractivity contribution >= 4 is 11.6 Å². The SMILES string of the molecule is CCN(CC(N)=O)c1ccc(C)cc1C#N. The summed E-state index contributed by atoms with van der Waals surface area (Å²) >= 11 is 0. The fourth-order valence-corrected chi connectivity index (χ4v) is 1.57. The van der Waals surface area contributed by atoms with Crippen molar-refractivity contribution in [3.63, 3.8) is 0 Å². The number of carbonyl (C=O) groups is 1. The molecule has 1 aromatic carbocycles. The van der Waals surface area contributed by atoms with Crippen LogP contribution in [-0.2, 0) is 4.79 Å². The average Bonchev–Trinajstić information content (AvgIpc) is 2.25. The number of likely N-dealkylation sites (N-methyl/N-ethyl adjacent to an activating group) is 1. The van der Waals surface area contributed by atoms with E-state index < -0.39 is 5.91 Å². The minimum absolute atomic E-state index is 0.133. The fraction of sp³-hybridized carbons (Fsp3) is 0.333. The molecule has 1 rings (SSSR count). The van der Waals surface area contributed by atoms with Gasteiger partial charge in [0.2, 0.25) is 5.91 Å². The van der Waals surface area contributed by atoms with Gasteiger partial charge in [0, 0.05) is 6.54 Å². The molecule has 1 aromatic rings. The molecular weight excluding hydrogens is 202 g/mol. The maximum atomic E-state index is 10.9. The Morgan fingerprint density at radius 3 is 2.75 bits per heavy atom. The van der Waals surface area contributed by atoms with Gasteiger partial charge in [0.1, 0.15) is 6.07 Å². The number of nitrogens with zero attached hydrogens (tertiary/aromatic N) is 2. The first-order chi connectivity index (χ1) is 7.58. The van der Waals surface area contributed by atoms with Gasteiger partial charge in [-0.15, -0.1) is 0 Å². The molecule has 0 saturated heterocycles. The van der Waals surface area contributed by atoms with E-state index in [0.717, 1.165) is 11.3 Å². The lowest BCUT2D eigenvalue weighted by molar-refractivity contribution is -0.116. The highest BCUT2D eigenvalue weighted by Crippen LogP contribution is 2.20. The number of nitriles is 1. The normalized spacial score (nSPS) is 9.56. The molecule has 0 aliphatic heterocycles. The van der Waals surface area contributed by atoms with E-state index in [-0.39, 0.29) is 6.54 Å². The highest BCUT2D eigenvalue weighted by molar-refractivity contribution is 5.80. The van der Waals surface area contributed by atoms with E-state index in [9.17, 15) is 4.79 Å². The number of benzene rings is 1. The molecule has 1 amide bonds. The van der Waals surface area contributed by atoms with Gasteiger partial charge in [-0.2, -0.15) is 5.26 Å². The van der Waals surface area contributed by atoms with Gasteiger partial charge in [-0.1, -0.05) is 6.07 Å². The summed E-state index contributed by atoms with van der Waals surface area (Å²) in [5.41, 5.74) is 7.52. The van der Waals surface area contributed by atoms with E-state index in [4.69, 9.17) is 11.0 Å². The maximum Gasteiger partial charge on any atom is 0.236 e. The number of amides is 1. The van der Waals surface area contributed by atoms with Crippen LogP contribution in [0.5, 0.6) is 0 Å². The van der Waals surface area contributed by atoms with Gasteiger partial charge < -0.3 is 10.6 Å². The summed E-state index contributed by atoms with van der Waals surface area (Å²) in [7, 11) is 0. The minimum atomic E-state index is -0.397. The molecule has 4 nitrogen and oxygen atoms in total. The maximum absolute atomic E-state index is 10.9. The molecule has 0 fully saturated rings. The molecule has 84 valence electrons. The molecule has 0 aromatic heterocycles. The number of hydrogen-bond donors (Lipinski definition) is 1. The molecule has 2 N–H and O–H groups in total. The van der Waals surface area contributed by atoms with Crippen LogP contribution in [0.1, 0.15) is 18.1 Å². The van der Waals surface area contributed by atoms with Crippen LogP contribution in [-0.4, -0.2) is 19.0 Å². The first-order valence-corrected chi connectivity index (χ1v) is 5.12. The number of nitrogens with two attached hydrogens (primary N) is 1. The zero-order valence-corrected chi connectivity index (χ0v) is 9.53. The average molecular weight is 217 g/mol. The molecule has 4 heteroatoms. The zero-order valence-electron chi connectivity index (χ0n) is 9.53. The molecule has 0 spiro atoms. The van der Waals surface area contributed by atoms with Crippen LogP contribution >= 0.6 is 0 Å². The molecule has 0 saturated carbocycles. The van der Waals surface area contributed by atoms with Crippen molar-refractivity contribution in [3.8, 4) is 6.07 Å². The first kappa shape index (κ1) is 12.1. The molecule has 0 aliphatic rings. The number of rotatable bonds is 4. The Labute approximate surface area is 95.3 Å². The zero-order chi connectivity index (χ0) is 12.1. The van der Waals surface area contributed by atoms with Crippen LogP contribution in [0.4, 0.5) is 5.69 Å². The van der Waals surface area contributed by atoms with Crippen molar-refractivity contribution < 1.29 is 4.79 Å². The number of primary amides is 1. The lowest BCUT2D eigenvalue weighted by Crippen LogP contribution is -2.34. The van der Waals surface area contributed by atoms with Crippen LogP contribution < -0.4 is 10.6 Å². The van der Waals surface area contributed by atoms with E-state index >= 15 is 0 Å². The summed E-state index contributed by atoms with van der Waals surface area (Å²) in [4.78, 5) is 12.7. The lowest BCUT2D eigenvalue weighted by Gasteiger charge is -2.22. The summed E-state index contributed by atoms with van der Waals surface area (Å²) in [6.07, 6.45) is 0. The predicted molar refractivity (Wildman–Crippen MR) is 63.0 cm³/mol. The van der Waals surface area contributed by atoms with Gasteiger partial charge in [-0.25, -0.2) is 0 Å². The van der Waals surface area contributed by atoms with Crippen LogP contribution in [0, 0.1) is 18.3 Å². The van der Waals surface area contributed by atoms with Crippen LogP contribution in [0.25, 0.3) is 0 Å². The van der Waals surface area contributed by atoms with E-state index in [1.54, 1.807) is 11.0 Å². The Balaban J connectivity index is 3.10. The summed E-state index contributed by atoms with van der Waals surface area (Å²) in [5, 5.41) is 9.03. The molecule has 0 heterocycles. The Bertz CT molecular complexity index is 434. The minimum Gasteiger partial charge on any atom is -0.368 e. The summed E-state index contributed by atoms with van der Waals surface area (Å²) in [6, 6.07) is 7.70. The monoisotopic (exact) mass is 217 g/mol. The van der Waals surface area contributed by atoms with Crippen LogP contribution in [0.15, 0.2) is 18.2 Å². The molecule has 0 radical (unpaired) electrons. The third-order valence-corrected chi connectivity index (χ3v) is 2.34. The van der Waals surface area contributed by atoms with Crippen molar-refractivity contribution in [2.24, 2.45) is 5.73 Å². The van der Waals surface area contributed by atoms with Gasteiger partial charge in [0.05, 0.1) is 17.8 Å². The number of carbonyl (C=O) groups excluding carboxylic acids is 1. The van der Waals surface area contributed by atoms with Crippen molar-refractivity contribution in [2.75, 3.05) is 18.0 Å². The van der Waals surface area contributed by atoms with E-state index in [0.29, 0.717) is 12.1 Å². The van der Waals surface area contributed by atoms with E-state index in [1.807, 2.05) is 26.0 Å². The Morgan fingerprint density at radius 2 is 2.25 bits per heavy atom. The fourth-order valence-electron chi connectivity index (χ4n) is 1.57. The molecule has 16 heavy (non-hydrogen) atoms. The molecule has 0 atom stereocenters. The largest absolute Gasteiger partial charge is 0.368 e. The van der Waals surface area contributed by atoms with Gasteiger partial charge in [-0.05, 0) is 31.5 Å². The third-order valence-electron chi connectivity index (χ3n) is 2.34. The summed E-state index contributed by atoms with van der Waals surface area (Å²) < 4.78 is 0. The van der Waals surface area contributed by atoms with Gasteiger partial charge >= 0.3 is 0 Å². The van der Waals surface area contributed by atoms with Gasteiger partial charge in [-0.3, -0.25) is 4.79 Å². The highest BCUT2D eigenvalue weighted by Gasteiger charge is 2.11. The number of aryl methyl sites for hydroxylation is 1. The standard InChI is InChI=1S/C12H15N3O/c1-3-15(8-12(14)16)11-5-4-9(2)6-10(11)7-13/h4-6H,3,8H2,1-2H3,(H2,14,16). The van der Waals surface area contributed by atoms with Crippen molar-refractivity contribution in [1.29, 1.82) is 5.26 Å². The highest BCUT2D eigenvalue weighted by atomic mass is 16.1. The molecule has 0 unspecified atom stereocenters. The number of hydrogen-bond acceptors (Lipinski definition) is 3. The summed E-state index contributed by atoms with van der Waals surface area (Å²) in [6.45, 7) is 4.62. The second kappa shape index (κ2) is 5.17. The van der Waals surface area contributed by atoms with E-state index in [2.05, 4.69) is 6.07 Å². The van der Waals surface area contributed by atoms with Gasteiger partial charge in [0.15, 0.2) is 0 Å². The third kappa shape index (κ3) is 2.74. The lowest BCUT2D eigenvalue weighted by atomic mass is 10.1. The first-order valence-electron chi connectivity index (χ1n) is 5.12. The Kier molecular flexibility index (Phi) is 3.90. The summed E-state index contributed by atoms with van der Waals surface area (Å²) in [5.74, 6) is -0.397.